The Morgan fingerprint density at radius 2 is 1.96 bits per heavy atom. The number of rotatable bonds is 4. The summed E-state index contributed by atoms with van der Waals surface area (Å²) < 4.78 is 0. The average molecular weight is 330 g/mol. The first kappa shape index (κ1) is 17.7. The second-order valence-electron chi connectivity index (χ2n) is 7.87. The highest BCUT2D eigenvalue weighted by molar-refractivity contribution is 5.49. The molecule has 3 fully saturated rings. The molecule has 0 amide bonds. The molecular weight excluding hydrogens is 300 g/mol. The topological polar surface area (TPSA) is 57.5 Å². The van der Waals surface area contributed by atoms with E-state index >= 15 is 0 Å². The highest BCUT2D eigenvalue weighted by Crippen LogP contribution is 2.55. The van der Waals surface area contributed by atoms with Gasteiger partial charge in [0.1, 0.15) is 12.4 Å². The summed E-state index contributed by atoms with van der Waals surface area (Å²) in [5, 5.41) is 20.7. The number of allylic oxidation sites excluding steroid dienone is 2. The summed E-state index contributed by atoms with van der Waals surface area (Å²) >= 11 is 0. The summed E-state index contributed by atoms with van der Waals surface area (Å²) in [6, 6.07) is 0. The van der Waals surface area contributed by atoms with Crippen molar-refractivity contribution in [1.82, 2.24) is 0 Å². The zero-order valence-corrected chi connectivity index (χ0v) is 14.7. The molecule has 0 aromatic carbocycles. The van der Waals surface area contributed by atoms with Gasteiger partial charge in [0, 0.05) is 6.42 Å². The van der Waals surface area contributed by atoms with Gasteiger partial charge in [0.25, 0.3) is 0 Å². The van der Waals surface area contributed by atoms with Crippen LogP contribution in [0.4, 0.5) is 0 Å². The minimum atomic E-state index is -0.530. The predicted molar refractivity (Wildman–Crippen MR) is 94.0 cm³/mol. The van der Waals surface area contributed by atoms with E-state index in [-0.39, 0.29) is 12.0 Å². The fourth-order valence-corrected chi connectivity index (χ4v) is 5.14. The zero-order chi connectivity index (χ0) is 17.1. The summed E-state index contributed by atoms with van der Waals surface area (Å²) in [7, 11) is 0. The first-order valence-corrected chi connectivity index (χ1v) is 9.64. The Bertz CT molecular complexity index is 535. The summed E-state index contributed by atoms with van der Waals surface area (Å²) in [6.07, 6.45) is 10.1. The van der Waals surface area contributed by atoms with Crippen LogP contribution in [0.1, 0.15) is 58.3 Å². The van der Waals surface area contributed by atoms with Crippen LogP contribution in [0, 0.1) is 41.4 Å². The first-order chi connectivity index (χ1) is 11.6. The van der Waals surface area contributed by atoms with Crippen molar-refractivity contribution in [1.29, 1.82) is 0 Å². The van der Waals surface area contributed by atoms with Crippen LogP contribution < -0.4 is 0 Å². The first-order valence-electron chi connectivity index (χ1n) is 9.64. The van der Waals surface area contributed by atoms with Crippen LogP contribution in [0.25, 0.3) is 0 Å². The Morgan fingerprint density at radius 1 is 1.21 bits per heavy atom. The molecule has 0 heterocycles. The number of aliphatic hydroxyl groups excluding tert-OH is 2. The van der Waals surface area contributed by atoms with Gasteiger partial charge in [-0.3, -0.25) is 0 Å². The number of hydrogen-bond donors (Lipinski definition) is 2. The molecule has 0 radical (unpaired) electrons. The molecule has 0 aliphatic heterocycles. The SMILES string of the molecule is CC1C(=CCCC=O)[C@@H]2CC[C@H](O)[C@H](C#CC(O)C3CCCC3)[C@H]12. The maximum absolute atomic E-state index is 10.5. The van der Waals surface area contributed by atoms with Crippen LogP contribution in [-0.2, 0) is 4.79 Å². The normalized spacial score (nSPS) is 38.8. The molecule has 3 saturated carbocycles. The monoisotopic (exact) mass is 330 g/mol. The molecule has 0 bridgehead atoms. The summed E-state index contributed by atoms with van der Waals surface area (Å²) in [5.41, 5.74) is 1.46. The van der Waals surface area contributed by atoms with Gasteiger partial charge in [-0.15, -0.1) is 0 Å². The van der Waals surface area contributed by atoms with E-state index in [4.69, 9.17) is 0 Å². The van der Waals surface area contributed by atoms with Crippen LogP contribution >= 0.6 is 0 Å². The second-order valence-corrected chi connectivity index (χ2v) is 7.87. The Labute approximate surface area is 145 Å². The molecule has 2 N–H and O–H groups in total. The molecule has 0 aromatic rings. The van der Waals surface area contributed by atoms with E-state index in [1.807, 2.05) is 0 Å². The maximum atomic E-state index is 10.5. The standard InChI is InChI=1S/C21H30O3/c1-14-16(8-4-5-13-22)17-9-12-20(24)18(21(14)17)10-11-19(23)15-6-2-3-7-15/h8,13-15,17-21,23-24H,2-7,9,12H2,1H3/t14?,17-,18-,19?,20-,21+/m0/s1. The average Bonchev–Trinajstić information content (AvgIpc) is 3.11. The molecule has 132 valence electrons. The summed E-state index contributed by atoms with van der Waals surface area (Å²) in [5.74, 6) is 8.00. The van der Waals surface area contributed by atoms with Crippen LogP contribution in [-0.4, -0.2) is 28.7 Å². The Kier molecular flexibility index (Phi) is 5.79. The van der Waals surface area contributed by atoms with Crippen molar-refractivity contribution >= 4 is 6.29 Å². The number of unbranched alkanes of at least 4 members (excludes halogenated alkanes) is 1. The predicted octanol–water partition coefficient (Wildman–Crippen LogP) is 3.10. The van der Waals surface area contributed by atoms with E-state index < -0.39 is 6.10 Å². The highest BCUT2D eigenvalue weighted by Gasteiger charge is 2.50. The van der Waals surface area contributed by atoms with Crippen LogP contribution in [0.15, 0.2) is 11.6 Å². The van der Waals surface area contributed by atoms with E-state index in [1.54, 1.807) is 0 Å². The Balaban J connectivity index is 1.67. The molecular formula is C21H30O3. The third-order valence-corrected chi connectivity index (χ3v) is 6.51. The minimum absolute atomic E-state index is 0.0157. The van der Waals surface area contributed by atoms with Crippen molar-refractivity contribution in [2.24, 2.45) is 29.6 Å². The van der Waals surface area contributed by atoms with Gasteiger partial charge in [-0.1, -0.05) is 43.3 Å². The van der Waals surface area contributed by atoms with E-state index in [1.165, 1.54) is 18.4 Å². The minimum Gasteiger partial charge on any atom is -0.392 e. The van der Waals surface area contributed by atoms with Crippen molar-refractivity contribution in [2.75, 3.05) is 0 Å². The van der Waals surface area contributed by atoms with Gasteiger partial charge in [0.2, 0.25) is 0 Å². The molecule has 3 aliphatic carbocycles. The molecule has 0 aromatic heterocycles. The number of aliphatic hydroxyl groups is 2. The van der Waals surface area contributed by atoms with E-state index in [2.05, 4.69) is 24.8 Å². The number of carbonyl (C=O) groups excluding carboxylic acids is 1. The molecule has 24 heavy (non-hydrogen) atoms. The molecule has 3 heteroatoms. The number of carbonyl (C=O) groups is 1. The lowest BCUT2D eigenvalue weighted by Crippen LogP contribution is -2.50. The van der Waals surface area contributed by atoms with Gasteiger partial charge in [0.05, 0.1) is 12.0 Å². The highest BCUT2D eigenvalue weighted by atomic mass is 16.3. The fraction of sp³-hybridized carbons (Fsp3) is 0.762. The summed E-state index contributed by atoms with van der Waals surface area (Å²) in [6.45, 7) is 2.22. The van der Waals surface area contributed by atoms with Crippen molar-refractivity contribution in [3.63, 3.8) is 0 Å². The van der Waals surface area contributed by atoms with E-state index in [0.717, 1.165) is 38.4 Å². The Hall–Kier alpha value is -1.11. The molecule has 6 atom stereocenters. The van der Waals surface area contributed by atoms with Crippen molar-refractivity contribution < 1.29 is 15.0 Å². The van der Waals surface area contributed by atoms with Crippen LogP contribution in [0.5, 0.6) is 0 Å². The molecule has 2 unspecified atom stereocenters. The van der Waals surface area contributed by atoms with Gasteiger partial charge < -0.3 is 15.0 Å². The third kappa shape index (κ3) is 3.46. The smallest absolute Gasteiger partial charge is 0.120 e. The fourth-order valence-electron chi connectivity index (χ4n) is 5.14. The lowest BCUT2D eigenvalue weighted by atomic mass is 9.51. The molecule has 0 spiro atoms. The maximum Gasteiger partial charge on any atom is 0.120 e. The van der Waals surface area contributed by atoms with Gasteiger partial charge in [-0.2, -0.15) is 0 Å². The van der Waals surface area contributed by atoms with Crippen molar-refractivity contribution in [2.45, 2.75) is 70.5 Å². The van der Waals surface area contributed by atoms with Crippen molar-refractivity contribution in [3.8, 4) is 11.8 Å². The lowest BCUT2D eigenvalue weighted by molar-refractivity contribution is -0.107. The summed E-state index contributed by atoms with van der Waals surface area (Å²) in [4.78, 5) is 10.5. The molecule has 3 rings (SSSR count). The second kappa shape index (κ2) is 7.85. The largest absolute Gasteiger partial charge is 0.392 e. The van der Waals surface area contributed by atoms with Gasteiger partial charge in [-0.05, 0) is 55.8 Å². The van der Waals surface area contributed by atoms with Crippen LogP contribution in [0.3, 0.4) is 0 Å². The number of hydrogen-bond acceptors (Lipinski definition) is 3. The van der Waals surface area contributed by atoms with Gasteiger partial charge >= 0.3 is 0 Å². The number of aldehydes is 1. The van der Waals surface area contributed by atoms with Crippen LogP contribution in [0.2, 0.25) is 0 Å². The van der Waals surface area contributed by atoms with Gasteiger partial charge in [0.15, 0.2) is 0 Å². The number of fused-ring (bicyclic) bond motifs is 1. The lowest BCUT2D eigenvalue weighted by Gasteiger charge is -2.53. The van der Waals surface area contributed by atoms with E-state index in [9.17, 15) is 15.0 Å². The quantitative estimate of drug-likeness (QED) is 0.360. The third-order valence-electron chi connectivity index (χ3n) is 6.51. The van der Waals surface area contributed by atoms with E-state index in [0.29, 0.717) is 30.1 Å². The molecule has 3 aliphatic rings. The molecule has 3 nitrogen and oxygen atoms in total. The Morgan fingerprint density at radius 3 is 2.67 bits per heavy atom. The molecule has 0 saturated heterocycles. The van der Waals surface area contributed by atoms with Crippen molar-refractivity contribution in [3.05, 3.63) is 11.6 Å². The van der Waals surface area contributed by atoms with Gasteiger partial charge in [-0.25, -0.2) is 0 Å². The zero-order valence-electron chi connectivity index (χ0n) is 14.7.